The summed E-state index contributed by atoms with van der Waals surface area (Å²) in [6.07, 6.45) is 1.64. The van der Waals surface area contributed by atoms with Crippen LogP contribution in [-0.2, 0) is 0 Å². The van der Waals surface area contributed by atoms with Gasteiger partial charge in [0.25, 0.3) is 5.56 Å². The zero-order valence-electron chi connectivity index (χ0n) is 8.71. The van der Waals surface area contributed by atoms with Crippen LogP contribution >= 0.6 is 0 Å². The van der Waals surface area contributed by atoms with Gasteiger partial charge in [0.05, 0.1) is 5.39 Å². The first-order valence-electron chi connectivity index (χ1n) is 5.00. The number of hydrogen-bond donors (Lipinski definition) is 0. The van der Waals surface area contributed by atoms with Gasteiger partial charge in [0.2, 0.25) is 0 Å². The molecule has 0 radical (unpaired) electrons. The van der Waals surface area contributed by atoms with Crippen LogP contribution < -0.4 is 5.56 Å². The lowest BCUT2D eigenvalue weighted by atomic mass is 10.3. The second-order valence-electron chi connectivity index (χ2n) is 3.65. The van der Waals surface area contributed by atoms with Crippen molar-refractivity contribution in [3.05, 3.63) is 52.6 Å². The van der Waals surface area contributed by atoms with Crippen LogP contribution in [0.25, 0.3) is 16.7 Å². The summed E-state index contributed by atoms with van der Waals surface area (Å²) in [6, 6.07) is 9.07. The molecule has 16 heavy (non-hydrogen) atoms. The highest BCUT2D eigenvalue weighted by Gasteiger charge is 2.06. The Morgan fingerprint density at radius 1 is 1.19 bits per heavy atom. The van der Waals surface area contributed by atoms with Crippen LogP contribution in [0.4, 0.5) is 0 Å². The number of fused-ring (bicyclic) bond motifs is 2. The summed E-state index contributed by atoms with van der Waals surface area (Å²) in [4.78, 5) is 20.6. The lowest BCUT2D eigenvalue weighted by Crippen LogP contribution is -2.17. The van der Waals surface area contributed by atoms with Gasteiger partial charge in [0, 0.05) is 11.9 Å². The topological polar surface area (TPSA) is 47.3 Å². The van der Waals surface area contributed by atoms with Crippen LogP contribution in [0.3, 0.4) is 0 Å². The Morgan fingerprint density at radius 2 is 2.06 bits per heavy atom. The van der Waals surface area contributed by atoms with Gasteiger partial charge in [-0.3, -0.25) is 9.20 Å². The predicted octanol–water partition coefficient (Wildman–Crippen LogP) is 1.55. The van der Waals surface area contributed by atoms with E-state index in [0.29, 0.717) is 16.7 Å². The molecule has 0 aliphatic carbocycles. The van der Waals surface area contributed by atoms with E-state index in [0.717, 1.165) is 5.69 Å². The lowest BCUT2D eigenvalue weighted by Gasteiger charge is -2.04. The van der Waals surface area contributed by atoms with E-state index < -0.39 is 0 Å². The molecule has 0 amide bonds. The Kier molecular flexibility index (Phi) is 1.77. The summed E-state index contributed by atoms with van der Waals surface area (Å²) in [5.41, 5.74) is 1.95. The zero-order valence-corrected chi connectivity index (χ0v) is 8.71. The number of pyridine rings is 2. The van der Waals surface area contributed by atoms with Gasteiger partial charge in [-0.15, -0.1) is 0 Å². The molecule has 78 valence electrons. The molecule has 4 heteroatoms. The minimum Gasteiger partial charge on any atom is -0.268 e. The smallest absolute Gasteiger partial charge is 0.267 e. The van der Waals surface area contributed by atoms with Crippen molar-refractivity contribution in [1.29, 1.82) is 0 Å². The second-order valence-corrected chi connectivity index (χ2v) is 3.65. The molecule has 3 aromatic heterocycles. The molecule has 0 N–H and O–H groups in total. The average Bonchev–Trinajstić information content (AvgIpc) is 2.29. The van der Waals surface area contributed by atoms with Crippen molar-refractivity contribution in [1.82, 2.24) is 14.4 Å². The Labute approximate surface area is 91.2 Å². The quantitative estimate of drug-likeness (QED) is 0.530. The molecule has 3 aromatic rings. The fourth-order valence-electron chi connectivity index (χ4n) is 1.84. The Hall–Kier alpha value is -2.23. The molecular formula is C12H9N3O. The number of aromatic nitrogens is 3. The van der Waals surface area contributed by atoms with Gasteiger partial charge in [-0.2, -0.15) is 0 Å². The molecule has 0 saturated heterocycles. The molecule has 0 spiro atoms. The van der Waals surface area contributed by atoms with Crippen molar-refractivity contribution in [2.24, 2.45) is 0 Å². The molecule has 0 aliphatic rings. The molecule has 0 aliphatic heterocycles. The molecule has 0 aromatic carbocycles. The summed E-state index contributed by atoms with van der Waals surface area (Å²) in [5.74, 6) is 0. The monoisotopic (exact) mass is 211 g/mol. The highest BCUT2D eigenvalue weighted by atomic mass is 16.1. The molecule has 0 fully saturated rings. The van der Waals surface area contributed by atoms with E-state index >= 15 is 0 Å². The second kappa shape index (κ2) is 3.13. The van der Waals surface area contributed by atoms with E-state index in [1.807, 2.05) is 25.1 Å². The molecule has 4 nitrogen and oxygen atoms in total. The molecular weight excluding hydrogens is 202 g/mol. The van der Waals surface area contributed by atoms with E-state index in [4.69, 9.17) is 0 Å². The van der Waals surface area contributed by atoms with E-state index in [9.17, 15) is 4.79 Å². The minimum atomic E-state index is -0.0637. The third-order valence-electron chi connectivity index (χ3n) is 2.61. The summed E-state index contributed by atoms with van der Waals surface area (Å²) < 4.78 is 1.60. The number of rotatable bonds is 0. The highest BCUT2D eigenvalue weighted by molar-refractivity contribution is 5.75. The van der Waals surface area contributed by atoms with Crippen molar-refractivity contribution >= 4 is 16.7 Å². The van der Waals surface area contributed by atoms with Gasteiger partial charge in [0.1, 0.15) is 5.65 Å². The maximum Gasteiger partial charge on any atom is 0.267 e. The minimum absolute atomic E-state index is 0.0637. The van der Waals surface area contributed by atoms with Crippen LogP contribution in [0.1, 0.15) is 5.69 Å². The Balaban J connectivity index is 2.67. The third kappa shape index (κ3) is 1.13. The Bertz CT molecular complexity index is 746. The predicted molar refractivity (Wildman–Crippen MR) is 61.5 cm³/mol. The number of nitrogens with zero attached hydrogens (tertiary/aromatic N) is 3. The fourth-order valence-corrected chi connectivity index (χ4v) is 1.84. The zero-order chi connectivity index (χ0) is 11.1. The van der Waals surface area contributed by atoms with Gasteiger partial charge in [-0.05, 0) is 31.2 Å². The van der Waals surface area contributed by atoms with Gasteiger partial charge >= 0.3 is 0 Å². The number of aryl methyl sites for hydroxylation is 1. The van der Waals surface area contributed by atoms with Crippen LogP contribution in [0.2, 0.25) is 0 Å². The van der Waals surface area contributed by atoms with Crippen molar-refractivity contribution in [2.45, 2.75) is 6.92 Å². The first kappa shape index (κ1) is 9.03. The van der Waals surface area contributed by atoms with Crippen LogP contribution in [-0.4, -0.2) is 14.4 Å². The highest BCUT2D eigenvalue weighted by Crippen LogP contribution is 2.07. The molecule has 0 unspecified atom stereocenters. The van der Waals surface area contributed by atoms with Crippen LogP contribution in [0.15, 0.2) is 41.3 Å². The fraction of sp³-hybridized carbons (Fsp3) is 0.0833. The molecule has 3 rings (SSSR count). The molecule has 0 bridgehead atoms. The summed E-state index contributed by atoms with van der Waals surface area (Å²) in [5, 5.41) is 0.550. The largest absolute Gasteiger partial charge is 0.268 e. The molecule has 0 saturated carbocycles. The average molecular weight is 211 g/mol. The molecule has 0 atom stereocenters. The van der Waals surface area contributed by atoms with Crippen LogP contribution in [0.5, 0.6) is 0 Å². The van der Waals surface area contributed by atoms with Gasteiger partial charge in [-0.25, -0.2) is 9.97 Å². The van der Waals surface area contributed by atoms with E-state index in [1.54, 1.807) is 22.7 Å². The van der Waals surface area contributed by atoms with Crippen molar-refractivity contribution in [3.63, 3.8) is 0 Å². The normalized spacial score (nSPS) is 11.1. The van der Waals surface area contributed by atoms with Crippen molar-refractivity contribution < 1.29 is 0 Å². The standard InChI is InChI=1S/C12H9N3O/c1-8-4-2-6-10-14-11-9(5-3-7-13-11)12(16)15(8)10/h2-7H,1H3. The summed E-state index contributed by atoms with van der Waals surface area (Å²) in [6.45, 7) is 1.89. The number of hydrogen-bond acceptors (Lipinski definition) is 3. The summed E-state index contributed by atoms with van der Waals surface area (Å²) in [7, 11) is 0. The van der Waals surface area contributed by atoms with E-state index in [1.165, 1.54) is 0 Å². The molecule has 3 heterocycles. The first-order chi connectivity index (χ1) is 7.77. The van der Waals surface area contributed by atoms with E-state index in [-0.39, 0.29) is 5.56 Å². The summed E-state index contributed by atoms with van der Waals surface area (Å²) >= 11 is 0. The SMILES string of the molecule is Cc1cccc2nc3ncccc3c(=O)n12. The van der Waals surface area contributed by atoms with Gasteiger partial charge in [0.15, 0.2) is 5.65 Å². The van der Waals surface area contributed by atoms with Gasteiger partial charge < -0.3 is 0 Å². The van der Waals surface area contributed by atoms with Crippen LogP contribution in [0, 0.1) is 6.92 Å². The van der Waals surface area contributed by atoms with Crippen molar-refractivity contribution in [2.75, 3.05) is 0 Å². The van der Waals surface area contributed by atoms with Crippen molar-refractivity contribution in [3.8, 4) is 0 Å². The lowest BCUT2D eigenvalue weighted by molar-refractivity contribution is 1.01. The maximum atomic E-state index is 12.2. The van der Waals surface area contributed by atoms with E-state index in [2.05, 4.69) is 9.97 Å². The van der Waals surface area contributed by atoms with Gasteiger partial charge in [-0.1, -0.05) is 6.07 Å². The maximum absolute atomic E-state index is 12.2. The Morgan fingerprint density at radius 3 is 2.94 bits per heavy atom. The first-order valence-corrected chi connectivity index (χ1v) is 5.00. The third-order valence-corrected chi connectivity index (χ3v) is 2.61.